The molecular weight excluding hydrogens is 406 g/mol. The Morgan fingerprint density at radius 3 is 2.58 bits per heavy atom. The molecule has 1 aliphatic rings. The van der Waals surface area contributed by atoms with Gasteiger partial charge in [0, 0.05) is 29.7 Å². The number of amides is 2. The van der Waals surface area contributed by atoms with Gasteiger partial charge >= 0.3 is 0 Å². The molecule has 0 spiro atoms. The van der Waals surface area contributed by atoms with E-state index in [4.69, 9.17) is 0 Å². The molecule has 0 saturated carbocycles. The third kappa shape index (κ3) is 4.49. The first-order valence-electron chi connectivity index (χ1n) is 10.4. The maximum absolute atomic E-state index is 13.3. The summed E-state index contributed by atoms with van der Waals surface area (Å²) in [7, 11) is 0. The molecule has 0 atom stereocenters. The molecule has 31 heavy (non-hydrogen) atoms. The summed E-state index contributed by atoms with van der Waals surface area (Å²) in [5.74, 6) is -0.0982. The Morgan fingerprint density at radius 2 is 1.81 bits per heavy atom. The Morgan fingerprint density at radius 1 is 1.06 bits per heavy atom. The lowest BCUT2D eigenvalue weighted by atomic mass is 10.0. The number of carbonyl (C=O) groups excluding carboxylic acids is 2. The molecular formula is C25H25N3O2S. The highest BCUT2D eigenvalue weighted by atomic mass is 32.2. The summed E-state index contributed by atoms with van der Waals surface area (Å²) in [6.45, 7) is 6.51. The first-order valence-corrected chi connectivity index (χ1v) is 11.2. The predicted molar refractivity (Wildman–Crippen MR) is 125 cm³/mol. The number of nitrogens with one attached hydrogen (secondary N) is 1. The number of rotatable bonds is 5. The maximum atomic E-state index is 13.3. The van der Waals surface area contributed by atoms with E-state index in [0.29, 0.717) is 24.9 Å². The van der Waals surface area contributed by atoms with Crippen molar-refractivity contribution in [1.29, 1.82) is 0 Å². The average molecular weight is 432 g/mol. The smallest absolute Gasteiger partial charge is 0.259 e. The van der Waals surface area contributed by atoms with Gasteiger partial charge in [-0.15, -0.1) is 0 Å². The Labute approximate surface area is 186 Å². The van der Waals surface area contributed by atoms with Gasteiger partial charge in [0.2, 0.25) is 5.91 Å². The number of benzene rings is 2. The second-order valence-electron chi connectivity index (χ2n) is 7.81. The third-order valence-corrected chi connectivity index (χ3v) is 6.42. The fourth-order valence-corrected chi connectivity index (χ4v) is 4.97. The minimum atomic E-state index is -0.0551. The largest absolute Gasteiger partial charge is 0.326 e. The topological polar surface area (TPSA) is 62.3 Å². The summed E-state index contributed by atoms with van der Waals surface area (Å²) >= 11 is 1.50. The second-order valence-corrected chi connectivity index (χ2v) is 8.84. The van der Waals surface area contributed by atoms with Crippen molar-refractivity contribution in [3.63, 3.8) is 0 Å². The number of anilines is 2. The van der Waals surface area contributed by atoms with Gasteiger partial charge < -0.3 is 10.2 Å². The van der Waals surface area contributed by atoms with Crippen LogP contribution in [0.3, 0.4) is 0 Å². The van der Waals surface area contributed by atoms with Crippen molar-refractivity contribution in [1.82, 2.24) is 4.98 Å². The van der Waals surface area contributed by atoms with Gasteiger partial charge in [-0.2, -0.15) is 0 Å². The zero-order valence-electron chi connectivity index (χ0n) is 17.9. The first-order chi connectivity index (χ1) is 14.9. The third-order valence-electron chi connectivity index (χ3n) is 5.34. The van der Waals surface area contributed by atoms with Gasteiger partial charge in [-0.1, -0.05) is 41.6 Å². The van der Waals surface area contributed by atoms with E-state index in [2.05, 4.69) is 22.4 Å². The summed E-state index contributed by atoms with van der Waals surface area (Å²) in [5.41, 5.74) is 5.63. The van der Waals surface area contributed by atoms with E-state index in [0.717, 1.165) is 32.4 Å². The monoisotopic (exact) mass is 431 g/mol. The van der Waals surface area contributed by atoms with Crippen LogP contribution in [0.5, 0.6) is 0 Å². The lowest BCUT2D eigenvalue weighted by molar-refractivity contribution is -0.116. The molecule has 0 saturated heterocycles. The lowest BCUT2D eigenvalue weighted by Gasteiger charge is -2.22. The molecule has 158 valence electrons. The molecule has 1 N–H and O–H groups in total. The van der Waals surface area contributed by atoms with Crippen molar-refractivity contribution in [2.24, 2.45) is 0 Å². The highest BCUT2D eigenvalue weighted by Gasteiger charge is 2.27. The molecule has 0 bridgehead atoms. The molecule has 2 amide bonds. The van der Waals surface area contributed by atoms with Crippen LogP contribution in [0.1, 0.15) is 39.9 Å². The van der Waals surface area contributed by atoms with Gasteiger partial charge in [-0.3, -0.25) is 9.59 Å². The Hall–Kier alpha value is -3.12. The van der Waals surface area contributed by atoms with E-state index < -0.39 is 0 Å². The molecule has 0 fully saturated rings. The number of nitrogens with zero attached hydrogens (tertiary/aromatic N) is 2. The number of aryl methyl sites for hydroxylation is 3. The van der Waals surface area contributed by atoms with Crippen LogP contribution in [0, 0.1) is 20.8 Å². The molecule has 3 aromatic rings. The van der Waals surface area contributed by atoms with Gasteiger partial charge in [0.1, 0.15) is 5.03 Å². The normalized spacial score (nSPS) is 12.7. The molecule has 5 nitrogen and oxygen atoms in total. The van der Waals surface area contributed by atoms with Crippen molar-refractivity contribution < 1.29 is 9.59 Å². The number of aromatic nitrogens is 1. The summed E-state index contributed by atoms with van der Waals surface area (Å²) in [5, 5.41) is 3.84. The summed E-state index contributed by atoms with van der Waals surface area (Å²) in [4.78, 5) is 33.0. The quantitative estimate of drug-likeness (QED) is 0.576. The van der Waals surface area contributed by atoms with E-state index in [1.165, 1.54) is 17.3 Å². The zero-order valence-corrected chi connectivity index (χ0v) is 18.8. The van der Waals surface area contributed by atoms with E-state index >= 15 is 0 Å². The predicted octanol–water partition coefficient (Wildman–Crippen LogP) is 5.54. The van der Waals surface area contributed by atoms with Crippen LogP contribution in [0.15, 0.2) is 64.6 Å². The highest BCUT2D eigenvalue weighted by molar-refractivity contribution is 7.99. The Balaban J connectivity index is 1.48. The fraction of sp³-hybridized carbons (Fsp3) is 0.240. The highest BCUT2D eigenvalue weighted by Crippen LogP contribution is 2.39. The SMILES string of the molecule is Cc1cc(C)c(NC(=O)CCCN2C(=O)c3ccccc3Sc3ncccc32)c(C)c1. The number of carbonyl (C=O) groups is 2. The molecule has 2 heterocycles. The van der Waals surface area contributed by atoms with Crippen LogP contribution in [0.2, 0.25) is 0 Å². The summed E-state index contributed by atoms with van der Waals surface area (Å²) < 4.78 is 0. The molecule has 0 unspecified atom stereocenters. The van der Waals surface area contributed by atoms with Crippen LogP contribution in [-0.2, 0) is 4.79 Å². The van der Waals surface area contributed by atoms with Gasteiger partial charge in [0.05, 0.1) is 11.3 Å². The van der Waals surface area contributed by atoms with Gasteiger partial charge in [-0.05, 0) is 62.6 Å². The van der Waals surface area contributed by atoms with Crippen molar-refractivity contribution >= 4 is 35.0 Å². The van der Waals surface area contributed by atoms with Crippen LogP contribution >= 0.6 is 11.8 Å². The molecule has 1 aliphatic heterocycles. The molecule has 2 aromatic carbocycles. The number of hydrogen-bond acceptors (Lipinski definition) is 4. The van der Waals surface area contributed by atoms with Crippen LogP contribution in [0.4, 0.5) is 11.4 Å². The van der Waals surface area contributed by atoms with Crippen molar-refractivity contribution in [3.8, 4) is 0 Å². The summed E-state index contributed by atoms with van der Waals surface area (Å²) in [6, 6.07) is 15.5. The van der Waals surface area contributed by atoms with Crippen molar-refractivity contribution in [2.45, 2.75) is 43.5 Å². The molecule has 1 aromatic heterocycles. The maximum Gasteiger partial charge on any atom is 0.259 e. The number of pyridine rings is 1. The molecule has 0 radical (unpaired) electrons. The first kappa shape index (κ1) is 21.1. The lowest BCUT2D eigenvalue weighted by Crippen LogP contribution is -2.32. The zero-order chi connectivity index (χ0) is 22.0. The minimum Gasteiger partial charge on any atom is -0.326 e. The van der Waals surface area contributed by atoms with Gasteiger partial charge in [0.15, 0.2) is 0 Å². The van der Waals surface area contributed by atoms with Crippen molar-refractivity contribution in [2.75, 3.05) is 16.8 Å². The average Bonchev–Trinajstić information content (AvgIpc) is 2.85. The van der Waals surface area contributed by atoms with E-state index in [1.807, 2.05) is 57.2 Å². The minimum absolute atomic E-state index is 0.0430. The van der Waals surface area contributed by atoms with E-state index in [-0.39, 0.29) is 11.8 Å². The standard InChI is InChI=1S/C25H25N3O2S/c1-16-14-17(2)23(18(3)15-16)27-22(29)11-7-13-28-20-9-6-12-26-24(20)31-21-10-5-4-8-19(21)25(28)30/h4-6,8-10,12,14-15H,7,11,13H2,1-3H3,(H,27,29). The van der Waals surface area contributed by atoms with Gasteiger partial charge in [-0.25, -0.2) is 4.98 Å². The fourth-order valence-electron chi connectivity index (χ4n) is 3.96. The van der Waals surface area contributed by atoms with E-state index in [1.54, 1.807) is 11.1 Å². The molecule has 6 heteroatoms. The number of hydrogen-bond donors (Lipinski definition) is 1. The van der Waals surface area contributed by atoms with E-state index in [9.17, 15) is 9.59 Å². The van der Waals surface area contributed by atoms with Crippen LogP contribution in [0.25, 0.3) is 0 Å². The second kappa shape index (κ2) is 8.94. The summed E-state index contributed by atoms with van der Waals surface area (Å²) in [6.07, 6.45) is 2.63. The molecule has 4 rings (SSSR count). The number of fused-ring (bicyclic) bond motifs is 2. The van der Waals surface area contributed by atoms with Gasteiger partial charge in [0.25, 0.3) is 5.91 Å². The Bertz CT molecular complexity index is 1140. The van der Waals surface area contributed by atoms with Crippen LogP contribution < -0.4 is 10.2 Å². The van der Waals surface area contributed by atoms with Crippen molar-refractivity contribution in [3.05, 3.63) is 77.0 Å². The Kier molecular flexibility index (Phi) is 6.09. The van der Waals surface area contributed by atoms with Crippen LogP contribution in [-0.4, -0.2) is 23.3 Å². The molecule has 0 aliphatic carbocycles.